The van der Waals surface area contributed by atoms with Gasteiger partial charge in [-0.25, -0.2) is 4.79 Å². The van der Waals surface area contributed by atoms with Gasteiger partial charge in [-0.2, -0.15) is 0 Å². The molecule has 128 valence electrons. The number of aromatic nitrogens is 1. The predicted molar refractivity (Wildman–Crippen MR) is 104 cm³/mol. The van der Waals surface area contributed by atoms with E-state index in [9.17, 15) is 4.79 Å². The average molecular weight is 342 g/mol. The van der Waals surface area contributed by atoms with Gasteiger partial charge in [0, 0.05) is 23.0 Å². The van der Waals surface area contributed by atoms with E-state index in [0.29, 0.717) is 5.56 Å². The molecule has 4 aromatic rings. The van der Waals surface area contributed by atoms with Crippen LogP contribution in [0, 0.1) is 0 Å². The van der Waals surface area contributed by atoms with Gasteiger partial charge in [0.25, 0.3) is 0 Å². The summed E-state index contributed by atoms with van der Waals surface area (Å²) >= 11 is 0. The largest absolute Gasteiger partial charge is 0.465 e. The van der Waals surface area contributed by atoms with Crippen LogP contribution in [0.3, 0.4) is 0 Å². The molecule has 1 heterocycles. The first kappa shape index (κ1) is 16.0. The van der Waals surface area contributed by atoms with E-state index in [1.165, 1.54) is 7.11 Å². The molecule has 0 saturated carbocycles. The third-order valence-electron chi connectivity index (χ3n) is 4.34. The first-order valence-corrected chi connectivity index (χ1v) is 8.37. The summed E-state index contributed by atoms with van der Waals surface area (Å²) in [5.74, 6) is -0.357. The van der Waals surface area contributed by atoms with Crippen molar-refractivity contribution in [3.63, 3.8) is 0 Å². The maximum atomic E-state index is 11.9. The Morgan fingerprint density at radius 3 is 2.50 bits per heavy atom. The highest BCUT2D eigenvalue weighted by Crippen LogP contribution is 2.27. The molecule has 0 aliphatic carbocycles. The Morgan fingerprint density at radius 1 is 0.923 bits per heavy atom. The lowest BCUT2D eigenvalue weighted by molar-refractivity contribution is 0.0602. The third-order valence-corrected chi connectivity index (χ3v) is 4.34. The van der Waals surface area contributed by atoms with Crippen LogP contribution in [0.5, 0.6) is 0 Å². The average Bonchev–Trinajstić information content (AvgIpc) is 3.12. The molecule has 3 aromatic carbocycles. The quantitative estimate of drug-likeness (QED) is 0.521. The van der Waals surface area contributed by atoms with Gasteiger partial charge < -0.3 is 14.6 Å². The van der Waals surface area contributed by atoms with E-state index in [1.54, 1.807) is 6.07 Å². The molecular formula is C22H18N2O2. The van der Waals surface area contributed by atoms with Gasteiger partial charge in [0.15, 0.2) is 0 Å². The summed E-state index contributed by atoms with van der Waals surface area (Å²) in [6, 6.07) is 25.8. The van der Waals surface area contributed by atoms with E-state index in [-0.39, 0.29) is 5.97 Å². The van der Waals surface area contributed by atoms with Gasteiger partial charge in [-0.15, -0.1) is 0 Å². The summed E-state index contributed by atoms with van der Waals surface area (Å²) in [5, 5.41) is 4.44. The molecule has 0 unspecified atom stereocenters. The molecule has 1 N–H and O–H groups in total. The number of carbonyl (C=O) groups is 1. The standard InChI is InChI=1S/C22H18N2O2/c1-26-22(25)19-9-5-6-10-20(19)23-17-11-12-21-16(15-17)13-14-24(21)18-7-3-2-4-8-18/h2-15,23H,1H3. The number of rotatable bonds is 4. The smallest absolute Gasteiger partial charge is 0.339 e. The minimum Gasteiger partial charge on any atom is -0.465 e. The van der Waals surface area contributed by atoms with Crippen molar-refractivity contribution in [3.05, 3.63) is 90.6 Å². The fourth-order valence-electron chi connectivity index (χ4n) is 3.07. The maximum absolute atomic E-state index is 11.9. The minimum absolute atomic E-state index is 0.357. The molecule has 0 radical (unpaired) electrons. The van der Waals surface area contributed by atoms with Crippen LogP contribution in [0.15, 0.2) is 85.1 Å². The van der Waals surface area contributed by atoms with Crippen LogP contribution in [0.4, 0.5) is 11.4 Å². The second-order valence-corrected chi connectivity index (χ2v) is 5.96. The van der Waals surface area contributed by atoms with E-state index < -0.39 is 0 Å². The number of ether oxygens (including phenoxy) is 1. The van der Waals surface area contributed by atoms with E-state index in [2.05, 4.69) is 46.4 Å². The van der Waals surface area contributed by atoms with Crippen molar-refractivity contribution < 1.29 is 9.53 Å². The molecule has 4 heteroatoms. The van der Waals surface area contributed by atoms with Crippen molar-refractivity contribution in [3.8, 4) is 5.69 Å². The van der Waals surface area contributed by atoms with Crippen LogP contribution in [0.25, 0.3) is 16.6 Å². The number of methoxy groups -OCH3 is 1. The van der Waals surface area contributed by atoms with Gasteiger partial charge in [-0.05, 0) is 48.5 Å². The molecule has 0 aliphatic rings. The molecule has 0 atom stereocenters. The molecular weight excluding hydrogens is 324 g/mol. The fourth-order valence-corrected chi connectivity index (χ4v) is 3.07. The van der Waals surface area contributed by atoms with Crippen molar-refractivity contribution in [1.29, 1.82) is 0 Å². The van der Waals surface area contributed by atoms with Crippen LogP contribution in [0.1, 0.15) is 10.4 Å². The lowest BCUT2D eigenvalue weighted by Gasteiger charge is -2.11. The molecule has 4 rings (SSSR count). The summed E-state index contributed by atoms with van der Waals surface area (Å²) < 4.78 is 7.01. The molecule has 4 nitrogen and oxygen atoms in total. The predicted octanol–water partition coefficient (Wildman–Crippen LogP) is 5.16. The first-order chi connectivity index (χ1) is 12.8. The van der Waals surface area contributed by atoms with Crippen molar-refractivity contribution in [2.24, 2.45) is 0 Å². The number of nitrogens with zero attached hydrogens (tertiary/aromatic N) is 1. The minimum atomic E-state index is -0.357. The summed E-state index contributed by atoms with van der Waals surface area (Å²) in [6.07, 6.45) is 2.06. The number of anilines is 2. The zero-order chi connectivity index (χ0) is 17.9. The Hall–Kier alpha value is -3.53. The van der Waals surface area contributed by atoms with Crippen LogP contribution < -0.4 is 5.32 Å². The number of nitrogens with one attached hydrogen (secondary N) is 1. The molecule has 1 aromatic heterocycles. The van der Waals surface area contributed by atoms with Crippen LogP contribution >= 0.6 is 0 Å². The lowest BCUT2D eigenvalue weighted by Crippen LogP contribution is -2.05. The number of fused-ring (bicyclic) bond motifs is 1. The molecule has 0 aliphatic heterocycles. The lowest BCUT2D eigenvalue weighted by atomic mass is 10.1. The fraction of sp³-hybridized carbons (Fsp3) is 0.0455. The number of esters is 1. The molecule has 0 bridgehead atoms. The number of hydrogen-bond acceptors (Lipinski definition) is 3. The topological polar surface area (TPSA) is 43.3 Å². The van der Waals surface area contributed by atoms with Crippen LogP contribution in [-0.2, 0) is 4.74 Å². The second-order valence-electron chi connectivity index (χ2n) is 5.96. The summed E-state index contributed by atoms with van der Waals surface area (Å²) in [5.41, 5.74) is 4.40. The van der Waals surface area contributed by atoms with Crippen molar-refractivity contribution in [2.75, 3.05) is 12.4 Å². The highest BCUT2D eigenvalue weighted by molar-refractivity contribution is 5.97. The van der Waals surface area contributed by atoms with Gasteiger partial charge in [-0.1, -0.05) is 30.3 Å². The van der Waals surface area contributed by atoms with E-state index in [4.69, 9.17) is 4.74 Å². The highest BCUT2D eigenvalue weighted by atomic mass is 16.5. The van der Waals surface area contributed by atoms with Gasteiger partial charge in [0.1, 0.15) is 0 Å². The van der Waals surface area contributed by atoms with Crippen LogP contribution in [0.2, 0.25) is 0 Å². The number of benzene rings is 3. The van der Waals surface area contributed by atoms with E-state index in [1.807, 2.05) is 42.5 Å². The number of para-hydroxylation sites is 2. The Balaban J connectivity index is 1.69. The van der Waals surface area contributed by atoms with Gasteiger partial charge in [0.2, 0.25) is 0 Å². The molecule has 0 fully saturated rings. The summed E-state index contributed by atoms with van der Waals surface area (Å²) in [4.78, 5) is 11.9. The Morgan fingerprint density at radius 2 is 1.69 bits per heavy atom. The summed E-state index contributed by atoms with van der Waals surface area (Å²) in [6.45, 7) is 0. The number of carbonyl (C=O) groups excluding carboxylic acids is 1. The van der Waals surface area contributed by atoms with Crippen molar-refractivity contribution >= 4 is 28.2 Å². The van der Waals surface area contributed by atoms with Gasteiger partial charge in [-0.3, -0.25) is 0 Å². The van der Waals surface area contributed by atoms with Crippen molar-refractivity contribution in [2.45, 2.75) is 0 Å². The molecule has 0 amide bonds. The van der Waals surface area contributed by atoms with E-state index >= 15 is 0 Å². The van der Waals surface area contributed by atoms with Crippen LogP contribution in [-0.4, -0.2) is 17.6 Å². The monoisotopic (exact) mass is 342 g/mol. The zero-order valence-electron chi connectivity index (χ0n) is 14.3. The second kappa shape index (κ2) is 6.76. The Bertz CT molecular complexity index is 1070. The van der Waals surface area contributed by atoms with E-state index in [0.717, 1.165) is 28.0 Å². The van der Waals surface area contributed by atoms with Gasteiger partial charge in [0.05, 0.1) is 23.9 Å². The Labute approximate surface area is 151 Å². The first-order valence-electron chi connectivity index (χ1n) is 8.37. The summed E-state index contributed by atoms with van der Waals surface area (Å²) in [7, 11) is 1.39. The SMILES string of the molecule is COC(=O)c1ccccc1Nc1ccc2c(ccn2-c2ccccc2)c1. The van der Waals surface area contributed by atoms with Crippen molar-refractivity contribution in [1.82, 2.24) is 4.57 Å². The highest BCUT2D eigenvalue weighted by Gasteiger charge is 2.11. The Kier molecular flexibility index (Phi) is 4.15. The molecule has 0 saturated heterocycles. The molecule has 26 heavy (non-hydrogen) atoms. The normalized spacial score (nSPS) is 10.7. The zero-order valence-corrected chi connectivity index (χ0v) is 14.3. The van der Waals surface area contributed by atoms with Gasteiger partial charge >= 0.3 is 5.97 Å². The third kappa shape index (κ3) is 2.93. The number of hydrogen-bond donors (Lipinski definition) is 1. The maximum Gasteiger partial charge on any atom is 0.339 e. The molecule has 0 spiro atoms.